The van der Waals surface area contributed by atoms with Crippen LogP contribution >= 0.6 is 11.3 Å². The number of thiazole rings is 1. The van der Waals surface area contributed by atoms with Crippen molar-refractivity contribution in [1.29, 1.82) is 0 Å². The molecular formula is C25H25N3S. The van der Waals surface area contributed by atoms with E-state index < -0.39 is 0 Å². The summed E-state index contributed by atoms with van der Waals surface area (Å²) in [5.41, 5.74) is 8.73. The zero-order valence-electron chi connectivity index (χ0n) is 17.4. The van der Waals surface area contributed by atoms with E-state index in [1.807, 2.05) is 43.3 Å². The smallest absolute Gasteiger partial charge is 0.143 e. The molecule has 0 amide bonds. The van der Waals surface area contributed by atoms with Gasteiger partial charge in [0.2, 0.25) is 0 Å². The monoisotopic (exact) mass is 399 g/mol. The highest BCUT2D eigenvalue weighted by Crippen LogP contribution is 2.30. The first-order chi connectivity index (χ1) is 14.1. The first kappa shape index (κ1) is 19.5. The van der Waals surface area contributed by atoms with Gasteiger partial charge in [-0.1, -0.05) is 49.7 Å². The molecule has 0 aliphatic heterocycles. The third-order valence-electron chi connectivity index (χ3n) is 5.09. The van der Waals surface area contributed by atoms with Gasteiger partial charge < -0.3 is 0 Å². The summed E-state index contributed by atoms with van der Waals surface area (Å²) in [5, 5.41) is 0.944. The fraction of sp³-hybridized carbons (Fsp3) is 0.240. The van der Waals surface area contributed by atoms with E-state index in [0.29, 0.717) is 0 Å². The molecule has 0 fully saturated rings. The van der Waals surface area contributed by atoms with E-state index in [-0.39, 0.29) is 0 Å². The Kier molecular flexibility index (Phi) is 5.54. The van der Waals surface area contributed by atoms with Crippen molar-refractivity contribution in [2.45, 2.75) is 40.5 Å². The molecule has 0 aliphatic carbocycles. The van der Waals surface area contributed by atoms with Crippen molar-refractivity contribution in [2.75, 3.05) is 0 Å². The highest BCUT2D eigenvalue weighted by molar-refractivity contribution is 7.21. The van der Waals surface area contributed by atoms with Crippen molar-refractivity contribution < 1.29 is 0 Å². The van der Waals surface area contributed by atoms with Crippen LogP contribution in [0, 0.1) is 6.92 Å². The molecule has 2 aromatic heterocycles. The average Bonchev–Trinajstić information content (AvgIpc) is 3.19. The van der Waals surface area contributed by atoms with Crippen LogP contribution in [-0.4, -0.2) is 15.7 Å². The number of hydrogen-bond donors (Lipinski definition) is 0. The summed E-state index contributed by atoms with van der Waals surface area (Å²) in [6.07, 6.45) is 1.94. The zero-order valence-corrected chi connectivity index (χ0v) is 18.2. The molecular weight excluding hydrogens is 374 g/mol. The maximum absolute atomic E-state index is 5.03. The molecule has 0 aliphatic rings. The lowest BCUT2D eigenvalue weighted by Crippen LogP contribution is -2.01. The highest BCUT2D eigenvalue weighted by Gasteiger charge is 2.11. The summed E-state index contributed by atoms with van der Waals surface area (Å²) < 4.78 is 1.18. The second kappa shape index (κ2) is 8.26. The summed E-state index contributed by atoms with van der Waals surface area (Å²) in [5.74, 6) is 0. The van der Waals surface area contributed by atoms with Crippen molar-refractivity contribution >= 4 is 33.0 Å². The van der Waals surface area contributed by atoms with E-state index in [9.17, 15) is 0 Å². The van der Waals surface area contributed by atoms with Gasteiger partial charge in [-0.25, -0.2) is 9.97 Å². The van der Waals surface area contributed by atoms with Crippen molar-refractivity contribution in [3.05, 3.63) is 77.0 Å². The summed E-state index contributed by atoms with van der Waals surface area (Å²) in [6, 6.07) is 18.8. The lowest BCUT2D eigenvalue weighted by Gasteiger charge is -2.12. The summed E-state index contributed by atoms with van der Waals surface area (Å²) in [7, 11) is 0. The zero-order chi connectivity index (χ0) is 20.4. The molecule has 4 aromatic rings. The van der Waals surface area contributed by atoms with Gasteiger partial charge in [0.05, 0.1) is 33.0 Å². The molecule has 0 spiro atoms. The number of rotatable bonds is 5. The predicted octanol–water partition coefficient (Wildman–Crippen LogP) is 6.93. The second-order valence-electron chi connectivity index (χ2n) is 7.23. The standard InChI is InChI=1S/C25H25N3S/c1-5-18-14-16(3)15-19(6-2)24(18)26-17(4)20-11-9-12-22(27-20)25-28-21-10-7-8-13-23(21)29-25/h7-15H,5-6H2,1-4H3. The molecule has 146 valence electrons. The molecule has 29 heavy (non-hydrogen) atoms. The molecule has 0 N–H and O–H groups in total. The predicted molar refractivity (Wildman–Crippen MR) is 125 cm³/mol. The van der Waals surface area contributed by atoms with Crippen molar-refractivity contribution in [1.82, 2.24) is 9.97 Å². The molecule has 2 heterocycles. The molecule has 3 nitrogen and oxygen atoms in total. The summed E-state index contributed by atoms with van der Waals surface area (Å²) in [6.45, 7) is 8.58. The Morgan fingerprint density at radius 3 is 2.34 bits per heavy atom. The minimum absolute atomic E-state index is 0.895. The van der Waals surface area contributed by atoms with Crippen molar-refractivity contribution in [3.8, 4) is 10.7 Å². The lowest BCUT2D eigenvalue weighted by atomic mass is 10.00. The van der Waals surface area contributed by atoms with Crippen LogP contribution in [0.4, 0.5) is 5.69 Å². The molecule has 0 unspecified atom stereocenters. The van der Waals surface area contributed by atoms with Crippen LogP contribution in [-0.2, 0) is 12.8 Å². The molecule has 0 radical (unpaired) electrons. The quantitative estimate of drug-likeness (QED) is 0.341. The van der Waals surface area contributed by atoms with Crippen LogP contribution in [0.5, 0.6) is 0 Å². The SMILES string of the molecule is CCc1cc(C)cc(CC)c1N=C(C)c1cccc(-c2nc3ccccc3s2)n1. The normalized spacial score (nSPS) is 11.9. The Hall–Kier alpha value is -2.85. The molecule has 4 heteroatoms. The van der Waals surface area contributed by atoms with Crippen LogP contribution in [0.2, 0.25) is 0 Å². The van der Waals surface area contributed by atoms with E-state index in [1.54, 1.807) is 11.3 Å². The van der Waals surface area contributed by atoms with Crippen LogP contribution < -0.4 is 0 Å². The number of pyridine rings is 1. The van der Waals surface area contributed by atoms with Crippen LogP contribution in [0.15, 0.2) is 59.6 Å². The second-order valence-corrected chi connectivity index (χ2v) is 8.26. The number of hydrogen-bond acceptors (Lipinski definition) is 4. The third-order valence-corrected chi connectivity index (χ3v) is 6.15. The van der Waals surface area contributed by atoms with Gasteiger partial charge in [0.15, 0.2) is 0 Å². The number of benzene rings is 2. The van der Waals surface area contributed by atoms with Gasteiger partial charge in [-0.3, -0.25) is 4.99 Å². The molecule has 4 rings (SSSR count). The minimum atomic E-state index is 0.895. The Bertz CT molecular complexity index is 1150. The lowest BCUT2D eigenvalue weighted by molar-refractivity contribution is 1.07. The number of nitrogens with zero attached hydrogens (tertiary/aromatic N) is 3. The Labute approximate surface area is 176 Å². The number of para-hydroxylation sites is 1. The van der Waals surface area contributed by atoms with Crippen molar-refractivity contribution in [2.24, 2.45) is 4.99 Å². The Morgan fingerprint density at radius 1 is 0.931 bits per heavy atom. The van der Waals surface area contributed by atoms with Gasteiger partial charge in [-0.2, -0.15) is 0 Å². The fourth-order valence-electron chi connectivity index (χ4n) is 3.58. The largest absolute Gasteiger partial charge is 0.251 e. The van der Waals surface area contributed by atoms with Crippen molar-refractivity contribution in [3.63, 3.8) is 0 Å². The molecule has 2 aromatic carbocycles. The van der Waals surface area contributed by atoms with E-state index >= 15 is 0 Å². The van der Waals surface area contributed by atoms with Gasteiger partial charge in [0.1, 0.15) is 5.01 Å². The highest BCUT2D eigenvalue weighted by atomic mass is 32.1. The minimum Gasteiger partial charge on any atom is -0.251 e. The fourth-order valence-corrected chi connectivity index (χ4v) is 4.51. The van der Waals surface area contributed by atoms with Crippen LogP contribution in [0.1, 0.15) is 43.2 Å². The van der Waals surface area contributed by atoms with Crippen LogP contribution in [0.3, 0.4) is 0 Å². The average molecular weight is 400 g/mol. The van der Waals surface area contributed by atoms with Gasteiger partial charge in [-0.15, -0.1) is 11.3 Å². The Morgan fingerprint density at radius 2 is 1.66 bits per heavy atom. The summed E-state index contributed by atoms with van der Waals surface area (Å²) in [4.78, 5) is 14.7. The number of aliphatic imine (C=N–C) groups is 1. The third kappa shape index (κ3) is 3.99. The first-order valence-electron chi connectivity index (χ1n) is 10.1. The number of fused-ring (bicyclic) bond motifs is 1. The molecule has 0 saturated carbocycles. The Balaban J connectivity index is 1.75. The number of aromatic nitrogens is 2. The summed E-state index contributed by atoms with van der Waals surface area (Å²) >= 11 is 1.68. The first-order valence-corrected chi connectivity index (χ1v) is 10.9. The molecule has 0 atom stereocenters. The van der Waals surface area contributed by atoms with Gasteiger partial charge in [0, 0.05) is 0 Å². The maximum atomic E-state index is 5.03. The van der Waals surface area contributed by atoms with Crippen LogP contribution in [0.25, 0.3) is 20.9 Å². The molecule has 0 bridgehead atoms. The maximum Gasteiger partial charge on any atom is 0.143 e. The van der Waals surface area contributed by atoms with Gasteiger partial charge in [-0.05, 0) is 62.1 Å². The van der Waals surface area contributed by atoms with Gasteiger partial charge in [0.25, 0.3) is 0 Å². The van der Waals surface area contributed by atoms with E-state index in [4.69, 9.17) is 15.0 Å². The topological polar surface area (TPSA) is 38.1 Å². The van der Waals surface area contributed by atoms with E-state index in [1.165, 1.54) is 21.4 Å². The molecule has 0 saturated heterocycles. The number of aryl methyl sites for hydroxylation is 3. The van der Waals surface area contributed by atoms with E-state index in [0.717, 1.165) is 46.2 Å². The van der Waals surface area contributed by atoms with Gasteiger partial charge >= 0.3 is 0 Å². The van der Waals surface area contributed by atoms with E-state index in [2.05, 4.69) is 39.0 Å².